The van der Waals surface area contributed by atoms with Gasteiger partial charge in [-0.3, -0.25) is 4.90 Å². The van der Waals surface area contributed by atoms with Crippen LogP contribution in [0.2, 0.25) is 0 Å². The summed E-state index contributed by atoms with van der Waals surface area (Å²) in [5, 5.41) is 3.53. The van der Waals surface area contributed by atoms with Crippen LogP contribution in [-0.2, 0) is 4.74 Å². The number of rotatable bonds is 10. The molecule has 0 fully saturated rings. The molecule has 0 aromatic heterocycles. The molecule has 0 amide bonds. The zero-order chi connectivity index (χ0) is 13.3. The molecule has 1 atom stereocenters. The summed E-state index contributed by atoms with van der Waals surface area (Å²) in [5.41, 5.74) is 0. The van der Waals surface area contributed by atoms with Crippen molar-refractivity contribution in [2.75, 3.05) is 39.9 Å². The molecule has 0 rings (SSSR count). The molecule has 3 heteroatoms. The third-order valence-electron chi connectivity index (χ3n) is 2.80. The normalized spacial score (nSPS) is 13.9. The van der Waals surface area contributed by atoms with Crippen LogP contribution in [-0.4, -0.2) is 50.8 Å². The van der Waals surface area contributed by atoms with Crippen LogP contribution < -0.4 is 5.32 Å². The second kappa shape index (κ2) is 9.86. The molecule has 0 aliphatic rings. The zero-order valence-electron chi connectivity index (χ0n) is 12.6. The highest BCUT2D eigenvalue weighted by Crippen LogP contribution is 2.04. The minimum atomic E-state index is 0.575. The SMILES string of the molecule is COCCN(CC(C)C)C(C)CNCC(C)C. The molecule has 0 bridgehead atoms. The molecule has 0 saturated heterocycles. The Balaban J connectivity index is 3.97. The lowest BCUT2D eigenvalue weighted by molar-refractivity contribution is 0.114. The van der Waals surface area contributed by atoms with Crippen molar-refractivity contribution in [3.8, 4) is 0 Å². The average molecular weight is 244 g/mol. The van der Waals surface area contributed by atoms with E-state index in [1.807, 2.05) is 0 Å². The van der Waals surface area contributed by atoms with E-state index >= 15 is 0 Å². The highest BCUT2D eigenvalue weighted by atomic mass is 16.5. The van der Waals surface area contributed by atoms with Crippen molar-refractivity contribution in [3.63, 3.8) is 0 Å². The van der Waals surface area contributed by atoms with E-state index in [1.165, 1.54) is 0 Å². The Hall–Kier alpha value is -0.120. The maximum absolute atomic E-state index is 5.18. The van der Waals surface area contributed by atoms with E-state index in [0.717, 1.165) is 38.7 Å². The number of hydrogen-bond donors (Lipinski definition) is 1. The van der Waals surface area contributed by atoms with Gasteiger partial charge in [-0.2, -0.15) is 0 Å². The molecule has 104 valence electrons. The van der Waals surface area contributed by atoms with Crippen molar-refractivity contribution in [1.82, 2.24) is 10.2 Å². The first-order valence-electron chi connectivity index (χ1n) is 6.91. The number of nitrogens with zero attached hydrogens (tertiary/aromatic N) is 1. The minimum absolute atomic E-state index is 0.575. The molecule has 1 unspecified atom stereocenters. The lowest BCUT2D eigenvalue weighted by Gasteiger charge is -2.30. The predicted octanol–water partition coefficient (Wildman–Crippen LogP) is 2.22. The Labute approximate surface area is 108 Å². The Morgan fingerprint density at radius 2 is 1.65 bits per heavy atom. The number of hydrogen-bond acceptors (Lipinski definition) is 3. The maximum atomic E-state index is 5.18. The molecule has 3 nitrogen and oxygen atoms in total. The van der Waals surface area contributed by atoms with E-state index in [-0.39, 0.29) is 0 Å². The Bertz CT molecular complexity index is 172. The number of ether oxygens (including phenoxy) is 1. The first kappa shape index (κ1) is 16.9. The molecule has 0 aromatic carbocycles. The van der Waals surface area contributed by atoms with Crippen molar-refractivity contribution in [3.05, 3.63) is 0 Å². The van der Waals surface area contributed by atoms with Crippen molar-refractivity contribution in [1.29, 1.82) is 0 Å². The summed E-state index contributed by atoms with van der Waals surface area (Å²) in [6.45, 7) is 16.5. The summed E-state index contributed by atoms with van der Waals surface area (Å²) in [6.07, 6.45) is 0. The van der Waals surface area contributed by atoms with E-state index in [4.69, 9.17) is 4.74 Å². The molecule has 0 spiro atoms. The van der Waals surface area contributed by atoms with Gasteiger partial charge in [0.1, 0.15) is 0 Å². The molecular formula is C14H32N2O. The van der Waals surface area contributed by atoms with Crippen LogP contribution in [0.15, 0.2) is 0 Å². The second-order valence-corrected chi connectivity index (χ2v) is 5.78. The molecule has 0 heterocycles. The highest BCUT2D eigenvalue weighted by Gasteiger charge is 2.14. The summed E-state index contributed by atoms with van der Waals surface area (Å²) in [7, 11) is 1.77. The van der Waals surface area contributed by atoms with E-state index in [0.29, 0.717) is 12.0 Å². The molecule has 17 heavy (non-hydrogen) atoms. The Morgan fingerprint density at radius 1 is 1.00 bits per heavy atom. The first-order chi connectivity index (χ1) is 7.97. The van der Waals surface area contributed by atoms with Gasteiger partial charge in [0.15, 0.2) is 0 Å². The first-order valence-corrected chi connectivity index (χ1v) is 6.91. The van der Waals surface area contributed by atoms with Gasteiger partial charge in [0.05, 0.1) is 6.61 Å². The van der Waals surface area contributed by atoms with Crippen LogP contribution in [0.1, 0.15) is 34.6 Å². The quantitative estimate of drug-likeness (QED) is 0.638. The van der Waals surface area contributed by atoms with E-state index in [2.05, 4.69) is 44.8 Å². The van der Waals surface area contributed by atoms with Gasteiger partial charge in [0.25, 0.3) is 0 Å². The molecule has 0 aliphatic carbocycles. The van der Waals surface area contributed by atoms with Crippen LogP contribution in [0.5, 0.6) is 0 Å². The van der Waals surface area contributed by atoms with Crippen LogP contribution in [0.3, 0.4) is 0 Å². The third kappa shape index (κ3) is 9.57. The lowest BCUT2D eigenvalue weighted by atomic mass is 10.1. The molecule has 1 N–H and O–H groups in total. The highest BCUT2D eigenvalue weighted by molar-refractivity contribution is 4.71. The third-order valence-corrected chi connectivity index (χ3v) is 2.80. The molecule has 0 radical (unpaired) electrons. The number of nitrogens with one attached hydrogen (secondary N) is 1. The monoisotopic (exact) mass is 244 g/mol. The lowest BCUT2D eigenvalue weighted by Crippen LogP contribution is -2.44. The smallest absolute Gasteiger partial charge is 0.0589 e. The Kier molecular flexibility index (Phi) is 9.79. The summed E-state index contributed by atoms with van der Waals surface area (Å²) >= 11 is 0. The van der Waals surface area contributed by atoms with Gasteiger partial charge in [-0.1, -0.05) is 27.7 Å². The molecular weight excluding hydrogens is 212 g/mol. The van der Waals surface area contributed by atoms with Crippen molar-refractivity contribution >= 4 is 0 Å². The van der Waals surface area contributed by atoms with Crippen LogP contribution in [0, 0.1) is 11.8 Å². The van der Waals surface area contributed by atoms with E-state index in [1.54, 1.807) is 7.11 Å². The molecule has 0 saturated carbocycles. The fourth-order valence-electron chi connectivity index (χ4n) is 1.88. The van der Waals surface area contributed by atoms with Gasteiger partial charge in [-0.15, -0.1) is 0 Å². The van der Waals surface area contributed by atoms with Crippen molar-refractivity contribution in [2.45, 2.75) is 40.7 Å². The van der Waals surface area contributed by atoms with Gasteiger partial charge in [-0.25, -0.2) is 0 Å². The fraction of sp³-hybridized carbons (Fsp3) is 1.00. The molecule has 0 aromatic rings. The minimum Gasteiger partial charge on any atom is -0.383 e. The Morgan fingerprint density at radius 3 is 2.12 bits per heavy atom. The van der Waals surface area contributed by atoms with Gasteiger partial charge < -0.3 is 10.1 Å². The molecule has 0 aliphatic heterocycles. The summed E-state index contributed by atoms with van der Waals surface area (Å²) < 4.78 is 5.18. The maximum Gasteiger partial charge on any atom is 0.0589 e. The van der Waals surface area contributed by atoms with Crippen molar-refractivity contribution < 1.29 is 4.74 Å². The van der Waals surface area contributed by atoms with E-state index < -0.39 is 0 Å². The van der Waals surface area contributed by atoms with Gasteiger partial charge in [0, 0.05) is 32.8 Å². The van der Waals surface area contributed by atoms with Crippen LogP contribution in [0.25, 0.3) is 0 Å². The standard InChI is InChI=1S/C14H32N2O/c1-12(2)9-15-10-14(5)16(7-8-17-6)11-13(3)4/h12-15H,7-11H2,1-6H3. The summed E-state index contributed by atoms with van der Waals surface area (Å²) in [5.74, 6) is 1.43. The average Bonchev–Trinajstić information content (AvgIpc) is 2.22. The summed E-state index contributed by atoms with van der Waals surface area (Å²) in [4.78, 5) is 2.52. The van der Waals surface area contributed by atoms with Gasteiger partial charge in [-0.05, 0) is 25.3 Å². The van der Waals surface area contributed by atoms with E-state index in [9.17, 15) is 0 Å². The second-order valence-electron chi connectivity index (χ2n) is 5.78. The fourth-order valence-corrected chi connectivity index (χ4v) is 1.88. The predicted molar refractivity (Wildman–Crippen MR) is 75.5 cm³/mol. The van der Waals surface area contributed by atoms with Gasteiger partial charge in [0.2, 0.25) is 0 Å². The topological polar surface area (TPSA) is 24.5 Å². The zero-order valence-corrected chi connectivity index (χ0v) is 12.6. The van der Waals surface area contributed by atoms with Gasteiger partial charge >= 0.3 is 0 Å². The van der Waals surface area contributed by atoms with Crippen molar-refractivity contribution in [2.24, 2.45) is 11.8 Å². The van der Waals surface area contributed by atoms with Crippen LogP contribution in [0.4, 0.5) is 0 Å². The largest absolute Gasteiger partial charge is 0.383 e. The van der Waals surface area contributed by atoms with Crippen LogP contribution >= 0.6 is 0 Å². The number of methoxy groups -OCH3 is 1. The summed E-state index contributed by atoms with van der Waals surface area (Å²) in [6, 6.07) is 0.575.